The van der Waals surface area contributed by atoms with Crippen LogP contribution >= 0.6 is 0 Å². The van der Waals surface area contributed by atoms with E-state index < -0.39 is 0 Å². The van der Waals surface area contributed by atoms with Gasteiger partial charge in [-0.25, -0.2) is 0 Å². The van der Waals surface area contributed by atoms with E-state index in [4.69, 9.17) is 14.2 Å². The second kappa shape index (κ2) is 8.51. The van der Waals surface area contributed by atoms with Crippen molar-refractivity contribution in [2.75, 3.05) is 47.0 Å². The highest BCUT2D eigenvalue weighted by atomic mass is 16.7. The van der Waals surface area contributed by atoms with Crippen LogP contribution in [0.15, 0.2) is 24.3 Å². The zero-order chi connectivity index (χ0) is 18.5. The number of ether oxygens (including phenoxy) is 3. The highest BCUT2D eigenvalue weighted by molar-refractivity contribution is 5.94. The summed E-state index contributed by atoms with van der Waals surface area (Å²) in [5.41, 5.74) is 0.576. The van der Waals surface area contributed by atoms with Crippen LogP contribution in [0, 0.1) is 5.92 Å². The van der Waals surface area contributed by atoms with E-state index in [1.54, 1.807) is 38.4 Å². The molecule has 1 aromatic carbocycles. The molecule has 2 aliphatic heterocycles. The molecule has 26 heavy (non-hydrogen) atoms. The monoisotopic (exact) mass is 362 g/mol. The van der Waals surface area contributed by atoms with Crippen molar-refractivity contribution in [1.29, 1.82) is 0 Å². The van der Waals surface area contributed by atoms with Gasteiger partial charge in [-0.15, -0.1) is 0 Å². The third kappa shape index (κ3) is 4.53. The van der Waals surface area contributed by atoms with Crippen molar-refractivity contribution in [2.45, 2.75) is 19.1 Å². The molecule has 0 radical (unpaired) electrons. The summed E-state index contributed by atoms with van der Waals surface area (Å²) in [6.45, 7) is 2.66. The fraction of sp³-hybridized carbons (Fsp3) is 0.579. The van der Waals surface area contributed by atoms with Gasteiger partial charge in [0.25, 0.3) is 11.8 Å². The molecule has 142 valence electrons. The average Bonchev–Trinajstić information content (AvgIpc) is 3.20. The Hall–Kier alpha value is -2.12. The maximum atomic E-state index is 12.8. The number of likely N-dealkylation sites (tertiary alicyclic amines) is 1. The molecule has 2 heterocycles. The van der Waals surface area contributed by atoms with Gasteiger partial charge in [0.15, 0.2) is 12.9 Å². The number of nitrogens with zero attached hydrogens (tertiary/aromatic N) is 2. The van der Waals surface area contributed by atoms with E-state index in [9.17, 15) is 9.59 Å². The molecule has 2 amide bonds. The summed E-state index contributed by atoms with van der Waals surface area (Å²) < 4.78 is 16.7. The van der Waals surface area contributed by atoms with Crippen molar-refractivity contribution < 1.29 is 23.8 Å². The molecule has 0 aliphatic carbocycles. The molecule has 7 nitrogen and oxygen atoms in total. The fourth-order valence-corrected chi connectivity index (χ4v) is 3.20. The average molecular weight is 362 g/mol. The topological polar surface area (TPSA) is 68.3 Å². The lowest BCUT2D eigenvalue weighted by Gasteiger charge is -2.33. The lowest BCUT2D eigenvalue weighted by atomic mass is 9.95. The summed E-state index contributed by atoms with van der Waals surface area (Å²) in [5.74, 6) is 0.739. The van der Waals surface area contributed by atoms with Crippen LogP contribution in [0.25, 0.3) is 0 Å². The van der Waals surface area contributed by atoms with E-state index in [0.29, 0.717) is 43.5 Å². The third-order valence-electron chi connectivity index (χ3n) is 4.80. The largest absolute Gasteiger partial charge is 0.484 e. The van der Waals surface area contributed by atoms with Crippen LogP contribution in [0.1, 0.15) is 23.2 Å². The van der Waals surface area contributed by atoms with E-state index in [1.807, 2.05) is 4.90 Å². The van der Waals surface area contributed by atoms with Gasteiger partial charge in [-0.05, 0) is 31.0 Å². The van der Waals surface area contributed by atoms with E-state index in [-0.39, 0.29) is 24.7 Å². The van der Waals surface area contributed by atoms with Crippen LogP contribution in [0.2, 0.25) is 0 Å². The maximum absolute atomic E-state index is 12.8. The van der Waals surface area contributed by atoms with Crippen molar-refractivity contribution in [1.82, 2.24) is 9.80 Å². The smallest absolute Gasteiger partial charge is 0.259 e. The predicted octanol–water partition coefficient (Wildman–Crippen LogP) is 1.38. The Kier molecular flexibility index (Phi) is 6.11. The molecule has 0 atom stereocenters. The minimum Gasteiger partial charge on any atom is -0.484 e. The van der Waals surface area contributed by atoms with E-state index in [0.717, 1.165) is 12.8 Å². The molecule has 0 unspecified atom stereocenters. The molecule has 0 N–H and O–H groups in total. The standard InChI is InChI=1S/C19H26N2O5/c1-20(2)17(22)13-26-16-5-3-4-15(12-16)18(23)21-8-6-14(7-9-21)19-24-10-11-25-19/h3-5,12,14,19H,6-11,13H2,1-2H3. The van der Waals surface area contributed by atoms with Gasteiger partial charge in [-0.3, -0.25) is 9.59 Å². The highest BCUT2D eigenvalue weighted by Gasteiger charge is 2.32. The Morgan fingerprint density at radius 3 is 2.54 bits per heavy atom. The number of rotatable bonds is 5. The first kappa shape index (κ1) is 18.7. The molecule has 0 saturated carbocycles. The summed E-state index contributed by atoms with van der Waals surface area (Å²) in [5, 5.41) is 0. The molecule has 2 fully saturated rings. The van der Waals surface area contributed by atoms with Crippen molar-refractivity contribution >= 4 is 11.8 Å². The molecule has 0 bridgehead atoms. The van der Waals surface area contributed by atoms with E-state index in [2.05, 4.69) is 0 Å². The zero-order valence-corrected chi connectivity index (χ0v) is 15.3. The number of likely N-dealkylation sites (N-methyl/N-ethyl adjacent to an activating group) is 1. The number of amides is 2. The second-order valence-electron chi connectivity index (χ2n) is 6.84. The Bertz CT molecular complexity index is 635. The SMILES string of the molecule is CN(C)C(=O)COc1cccc(C(=O)N2CCC(C3OCCO3)CC2)c1. The Morgan fingerprint density at radius 2 is 1.88 bits per heavy atom. The number of hydrogen-bond acceptors (Lipinski definition) is 5. The zero-order valence-electron chi connectivity index (χ0n) is 15.3. The van der Waals surface area contributed by atoms with Crippen LogP contribution in [0.4, 0.5) is 0 Å². The van der Waals surface area contributed by atoms with E-state index >= 15 is 0 Å². The van der Waals surface area contributed by atoms with Crippen molar-refractivity contribution in [3.63, 3.8) is 0 Å². The van der Waals surface area contributed by atoms with Crippen LogP contribution in [0.3, 0.4) is 0 Å². The van der Waals surface area contributed by atoms with Crippen molar-refractivity contribution in [2.24, 2.45) is 5.92 Å². The van der Waals surface area contributed by atoms with Gasteiger partial charge in [0, 0.05) is 38.7 Å². The number of piperidine rings is 1. The first-order valence-corrected chi connectivity index (χ1v) is 9.00. The lowest BCUT2D eigenvalue weighted by Crippen LogP contribution is -2.41. The Labute approximate surface area is 153 Å². The van der Waals surface area contributed by atoms with Crippen LogP contribution in [-0.4, -0.2) is 74.9 Å². The first-order valence-electron chi connectivity index (χ1n) is 9.00. The number of carbonyl (C=O) groups is 2. The molecule has 0 aromatic heterocycles. The third-order valence-corrected chi connectivity index (χ3v) is 4.80. The second-order valence-corrected chi connectivity index (χ2v) is 6.84. The van der Waals surface area contributed by atoms with Crippen molar-refractivity contribution in [3.05, 3.63) is 29.8 Å². The summed E-state index contributed by atoms with van der Waals surface area (Å²) >= 11 is 0. The summed E-state index contributed by atoms with van der Waals surface area (Å²) in [6, 6.07) is 7.00. The summed E-state index contributed by atoms with van der Waals surface area (Å²) in [7, 11) is 3.35. The minimum absolute atomic E-state index is 0.0129. The minimum atomic E-state index is -0.125. The molecule has 1 aromatic rings. The number of hydrogen-bond donors (Lipinski definition) is 0. The van der Waals surface area contributed by atoms with Gasteiger partial charge in [-0.1, -0.05) is 6.07 Å². The van der Waals surface area contributed by atoms with Crippen LogP contribution in [-0.2, 0) is 14.3 Å². The Balaban J connectivity index is 1.54. The first-order chi connectivity index (χ1) is 12.5. The molecule has 2 saturated heterocycles. The molecule has 7 heteroatoms. The van der Waals surface area contributed by atoms with Gasteiger partial charge in [0.1, 0.15) is 5.75 Å². The molecular weight excluding hydrogens is 336 g/mol. The quantitative estimate of drug-likeness (QED) is 0.792. The number of carbonyl (C=O) groups excluding carboxylic acids is 2. The fourth-order valence-electron chi connectivity index (χ4n) is 3.20. The van der Waals surface area contributed by atoms with E-state index in [1.165, 1.54) is 4.90 Å². The lowest BCUT2D eigenvalue weighted by molar-refractivity contribution is -0.130. The normalized spacial score (nSPS) is 18.8. The molecule has 3 rings (SSSR count). The van der Waals surface area contributed by atoms with Gasteiger partial charge in [-0.2, -0.15) is 0 Å². The summed E-state index contributed by atoms with van der Waals surface area (Å²) in [4.78, 5) is 27.7. The van der Waals surface area contributed by atoms with Crippen LogP contribution < -0.4 is 4.74 Å². The highest BCUT2D eigenvalue weighted by Crippen LogP contribution is 2.27. The predicted molar refractivity (Wildman–Crippen MR) is 95.0 cm³/mol. The summed E-state index contributed by atoms with van der Waals surface area (Å²) in [6.07, 6.45) is 1.65. The maximum Gasteiger partial charge on any atom is 0.259 e. The van der Waals surface area contributed by atoms with Gasteiger partial charge >= 0.3 is 0 Å². The van der Waals surface area contributed by atoms with Gasteiger partial charge < -0.3 is 24.0 Å². The van der Waals surface area contributed by atoms with Crippen LogP contribution in [0.5, 0.6) is 5.75 Å². The number of benzene rings is 1. The Morgan fingerprint density at radius 1 is 1.19 bits per heavy atom. The van der Waals surface area contributed by atoms with Gasteiger partial charge in [0.05, 0.1) is 13.2 Å². The molecular formula is C19H26N2O5. The van der Waals surface area contributed by atoms with Crippen molar-refractivity contribution in [3.8, 4) is 5.75 Å². The molecule has 0 spiro atoms. The van der Waals surface area contributed by atoms with Gasteiger partial charge in [0.2, 0.25) is 0 Å². The molecule has 2 aliphatic rings.